The van der Waals surface area contributed by atoms with Crippen molar-refractivity contribution in [1.29, 1.82) is 0 Å². The Morgan fingerprint density at radius 3 is 2.65 bits per heavy atom. The van der Waals surface area contributed by atoms with Crippen molar-refractivity contribution >= 4 is 0 Å². The maximum absolute atomic E-state index is 6.27. The topological polar surface area (TPSA) is 53.1 Å². The van der Waals surface area contributed by atoms with E-state index in [-0.39, 0.29) is 12.1 Å². The third-order valence-corrected chi connectivity index (χ3v) is 4.41. The number of hydrogen-bond acceptors (Lipinski definition) is 3. The Balaban J connectivity index is 1.94. The van der Waals surface area contributed by atoms with E-state index >= 15 is 0 Å². The fourth-order valence-corrected chi connectivity index (χ4v) is 3.33. The second-order valence-corrected chi connectivity index (χ2v) is 6.39. The monoisotopic (exact) mass is 279 g/mol. The summed E-state index contributed by atoms with van der Waals surface area (Å²) >= 11 is 0. The summed E-state index contributed by atoms with van der Waals surface area (Å²) < 4.78 is 7.66. The van der Waals surface area contributed by atoms with Crippen molar-refractivity contribution in [3.8, 4) is 0 Å². The molecule has 0 amide bonds. The summed E-state index contributed by atoms with van der Waals surface area (Å²) in [6.45, 7) is 4.29. The van der Waals surface area contributed by atoms with Gasteiger partial charge in [-0.05, 0) is 24.8 Å². The standard InChI is InChI=1S/C16H29N3O/c1-12(2)16(20-3)15(17)11-13-9-10-19(18-13)14-7-5-4-6-8-14/h9-10,12,14-16H,4-8,11,17H2,1-3H3. The third kappa shape index (κ3) is 3.83. The zero-order chi connectivity index (χ0) is 14.5. The van der Waals surface area contributed by atoms with E-state index in [9.17, 15) is 0 Å². The van der Waals surface area contributed by atoms with Gasteiger partial charge in [0.1, 0.15) is 0 Å². The predicted molar refractivity (Wildman–Crippen MR) is 81.7 cm³/mol. The van der Waals surface area contributed by atoms with Crippen LogP contribution < -0.4 is 5.73 Å². The Hall–Kier alpha value is -0.870. The van der Waals surface area contributed by atoms with Crippen molar-refractivity contribution in [1.82, 2.24) is 9.78 Å². The zero-order valence-electron chi connectivity index (χ0n) is 13.1. The average molecular weight is 279 g/mol. The van der Waals surface area contributed by atoms with Gasteiger partial charge in [0, 0.05) is 25.8 Å². The lowest BCUT2D eigenvalue weighted by molar-refractivity contribution is 0.0438. The summed E-state index contributed by atoms with van der Waals surface area (Å²) in [7, 11) is 1.74. The van der Waals surface area contributed by atoms with Crippen LogP contribution in [0, 0.1) is 5.92 Å². The summed E-state index contributed by atoms with van der Waals surface area (Å²) in [5.74, 6) is 0.426. The highest BCUT2D eigenvalue weighted by Gasteiger charge is 2.22. The van der Waals surface area contributed by atoms with Crippen LogP contribution >= 0.6 is 0 Å². The van der Waals surface area contributed by atoms with Gasteiger partial charge in [-0.1, -0.05) is 33.1 Å². The van der Waals surface area contributed by atoms with E-state index in [2.05, 4.69) is 30.8 Å². The molecule has 0 bridgehead atoms. The first-order valence-corrected chi connectivity index (χ1v) is 7.94. The number of rotatable bonds is 6. The van der Waals surface area contributed by atoms with Gasteiger partial charge in [0.25, 0.3) is 0 Å². The smallest absolute Gasteiger partial charge is 0.0748 e. The van der Waals surface area contributed by atoms with E-state index in [4.69, 9.17) is 15.6 Å². The molecule has 0 radical (unpaired) electrons. The lowest BCUT2D eigenvalue weighted by Gasteiger charge is -2.25. The van der Waals surface area contributed by atoms with Crippen LogP contribution in [0.3, 0.4) is 0 Å². The fourth-order valence-electron chi connectivity index (χ4n) is 3.33. The molecule has 20 heavy (non-hydrogen) atoms. The Morgan fingerprint density at radius 1 is 1.35 bits per heavy atom. The van der Waals surface area contributed by atoms with Gasteiger partial charge in [0.05, 0.1) is 17.8 Å². The van der Waals surface area contributed by atoms with Crippen LogP contribution in [0.25, 0.3) is 0 Å². The number of hydrogen-bond donors (Lipinski definition) is 1. The van der Waals surface area contributed by atoms with Crippen LogP contribution in [0.5, 0.6) is 0 Å². The number of methoxy groups -OCH3 is 1. The second-order valence-electron chi connectivity index (χ2n) is 6.39. The second kappa shape index (κ2) is 7.23. The van der Waals surface area contributed by atoms with Crippen molar-refractivity contribution in [2.45, 2.75) is 70.6 Å². The summed E-state index contributed by atoms with van der Waals surface area (Å²) in [6, 6.07) is 2.72. The largest absolute Gasteiger partial charge is 0.380 e. The molecule has 1 aromatic rings. The Bertz CT molecular complexity index is 396. The number of aromatic nitrogens is 2. The van der Waals surface area contributed by atoms with Crippen molar-refractivity contribution < 1.29 is 4.74 Å². The molecule has 0 saturated heterocycles. The molecule has 4 heteroatoms. The predicted octanol–water partition coefficient (Wildman–Crippen LogP) is 2.93. The molecule has 2 rings (SSSR count). The summed E-state index contributed by atoms with van der Waals surface area (Å²) in [5.41, 5.74) is 7.36. The highest BCUT2D eigenvalue weighted by molar-refractivity contribution is 5.03. The van der Waals surface area contributed by atoms with Gasteiger partial charge in [-0.3, -0.25) is 4.68 Å². The number of nitrogens with two attached hydrogens (primary N) is 1. The molecule has 0 spiro atoms. The first-order valence-electron chi connectivity index (χ1n) is 7.94. The van der Waals surface area contributed by atoms with Gasteiger partial charge in [0.15, 0.2) is 0 Å². The van der Waals surface area contributed by atoms with Crippen molar-refractivity contribution in [3.05, 3.63) is 18.0 Å². The average Bonchev–Trinajstić information content (AvgIpc) is 2.88. The van der Waals surface area contributed by atoms with Crippen LogP contribution in [0.4, 0.5) is 0 Å². The van der Waals surface area contributed by atoms with Crippen LogP contribution in [0.2, 0.25) is 0 Å². The fraction of sp³-hybridized carbons (Fsp3) is 0.812. The van der Waals surface area contributed by atoms with Crippen molar-refractivity contribution in [2.75, 3.05) is 7.11 Å². The Labute approximate surface area is 122 Å². The first-order chi connectivity index (χ1) is 9.61. The highest BCUT2D eigenvalue weighted by atomic mass is 16.5. The highest BCUT2D eigenvalue weighted by Crippen LogP contribution is 2.27. The first kappa shape index (κ1) is 15.5. The maximum Gasteiger partial charge on any atom is 0.0748 e. The van der Waals surface area contributed by atoms with E-state index < -0.39 is 0 Å². The van der Waals surface area contributed by atoms with E-state index in [1.807, 2.05) is 0 Å². The van der Waals surface area contributed by atoms with E-state index in [1.54, 1.807) is 7.11 Å². The summed E-state index contributed by atoms with van der Waals surface area (Å²) in [5, 5.41) is 4.73. The minimum Gasteiger partial charge on any atom is -0.380 e. The van der Waals surface area contributed by atoms with Crippen molar-refractivity contribution in [2.24, 2.45) is 11.7 Å². The van der Waals surface area contributed by atoms with Crippen molar-refractivity contribution in [3.63, 3.8) is 0 Å². The minimum atomic E-state index is 0.00899. The molecule has 2 atom stereocenters. The normalized spacial score (nSPS) is 20.2. The quantitative estimate of drug-likeness (QED) is 0.871. The Morgan fingerprint density at radius 2 is 2.05 bits per heavy atom. The van der Waals surface area contributed by atoms with E-state index in [1.165, 1.54) is 32.1 Å². The molecule has 2 unspecified atom stereocenters. The molecular weight excluding hydrogens is 250 g/mol. The molecule has 2 N–H and O–H groups in total. The van der Waals surface area contributed by atoms with Gasteiger partial charge in [-0.15, -0.1) is 0 Å². The van der Waals surface area contributed by atoms with Crippen LogP contribution in [-0.2, 0) is 11.2 Å². The molecule has 1 fully saturated rings. The SMILES string of the molecule is COC(C(C)C)C(N)Cc1ccn(C2CCCCC2)n1. The molecular formula is C16H29N3O. The lowest BCUT2D eigenvalue weighted by Crippen LogP contribution is -2.41. The molecule has 1 aromatic heterocycles. The molecule has 4 nitrogen and oxygen atoms in total. The molecule has 1 aliphatic rings. The minimum absolute atomic E-state index is 0.00899. The van der Waals surface area contributed by atoms with E-state index in [0.29, 0.717) is 12.0 Å². The Kier molecular flexibility index (Phi) is 5.61. The van der Waals surface area contributed by atoms with Gasteiger partial charge < -0.3 is 10.5 Å². The van der Waals surface area contributed by atoms with Gasteiger partial charge in [0.2, 0.25) is 0 Å². The van der Waals surface area contributed by atoms with Crippen LogP contribution in [0.1, 0.15) is 57.7 Å². The van der Waals surface area contributed by atoms with Crippen LogP contribution in [0.15, 0.2) is 12.3 Å². The lowest BCUT2D eigenvalue weighted by atomic mass is 9.96. The third-order valence-electron chi connectivity index (χ3n) is 4.41. The molecule has 1 aliphatic carbocycles. The summed E-state index contributed by atoms with van der Waals surface area (Å²) in [6.07, 6.45) is 9.57. The molecule has 0 aliphatic heterocycles. The zero-order valence-corrected chi connectivity index (χ0v) is 13.1. The van der Waals surface area contributed by atoms with Gasteiger partial charge in [-0.25, -0.2) is 0 Å². The molecule has 114 valence electrons. The molecule has 0 aromatic carbocycles. The number of ether oxygens (including phenoxy) is 1. The van der Waals surface area contributed by atoms with E-state index in [0.717, 1.165) is 12.1 Å². The molecule has 1 heterocycles. The molecule has 1 saturated carbocycles. The van der Waals surface area contributed by atoms with Crippen LogP contribution in [-0.4, -0.2) is 29.0 Å². The maximum atomic E-state index is 6.27. The van der Waals surface area contributed by atoms with Gasteiger partial charge in [-0.2, -0.15) is 5.10 Å². The summed E-state index contributed by atoms with van der Waals surface area (Å²) in [4.78, 5) is 0. The van der Waals surface area contributed by atoms with Gasteiger partial charge >= 0.3 is 0 Å². The number of nitrogens with zero attached hydrogens (tertiary/aromatic N) is 2.